The standard InChI is InChI=1S/C11H20N4OS/c1-11(2,3)10-15-14-9(17-10)7-13-8(16)5-6-12-4/h12H,5-7H2,1-4H3,(H,13,16). The highest BCUT2D eigenvalue weighted by molar-refractivity contribution is 7.11. The Balaban J connectivity index is 2.42. The molecule has 0 saturated heterocycles. The van der Waals surface area contributed by atoms with E-state index in [2.05, 4.69) is 41.6 Å². The summed E-state index contributed by atoms with van der Waals surface area (Å²) in [4.78, 5) is 11.4. The van der Waals surface area contributed by atoms with Crippen molar-refractivity contribution in [2.24, 2.45) is 0 Å². The fourth-order valence-corrected chi connectivity index (χ4v) is 1.97. The van der Waals surface area contributed by atoms with Gasteiger partial charge in [-0.2, -0.15) is 0 Å². The van der Waals surface area contributed by atoms with Crippen LogP contribution in [0, 0.1) is 0 Å². The molecule has 0 aliphatic carbocycles. The Labute approximate surface area is 106 Å². The van der Waals surface area contributed by atoms with E-state index in [1.54, 1.807) is 11.3 Å². The van der Waals surface area contributed by atoms with E-state index in [0.29, 0.717) is 19.5 Å². The van der Waals surface area contributed by atoms with Gasteiger partial charge in [0.05, 0.1) is 6.54 Å². The van der Waals surface area contributed by atoms with Crippen molar-refractivity contribution in [1.29, 1.82) is 0 Å². The Bertz CT molecular complexity index is 370. The van der Waals surface area contributed by atoms with Gasteiger partial charge in [0.15, 0.2) is 0 Å². The zero-order chi connectivity index (χ0) is 12.9. The van der Waals surface area contributed by atoms with Crippen molar-refractivity contribution in [3.63, 3.8) is 0 Å². The predicted molar refractivity (Wildman–Crippen MR) is 69.0 cm³/mol. The lowest BCUT2D eigenvalue weighted by atomic mass is 9.98. The number of hydrogen-bond donors (Lipinski definition) is 2. The summed E-state index contributed by atoms with van der Waals surface area (Å²) in [5.74, 6) is 0.0341. The highest BCUT2D eigenvalue weighted by atomic mass is 32.1. The van der Waals surface area contributed by atoms with E-state index in [9.17, 15) is 4.79 Å². The summed E-state index contributed by atoms with van der Waals surface area (Å²) >= 11 is 1.55. The minimum atomic E-state index is 0.0199. The number of nitrogens with zero attached hydrogens (tertiary/aromatic N) is 2. The van der Waals surface area contributed by atoms with Crippen LogP contribution in [0.3, 0.4) is 0 Å². The smallest absolute Gasteiger partial charge is 0.221 e. The van der Waals surface area contributed by atoms with Crippen LogP contribution in [0.2, 0.25) is 0 Å². The summed E-state index contributed by atoms with van der Waals surface area (Å²) in [5.41, 5.74) is 0.0199. The van der Waals surface area contributed by atoms with Crippen LogP contribution in [0.1, 0.15) is 37.2 Å². The van der Waals surface area contributed by atoms with Crippen LogP contribution < -0.4 is 10.6 Å². The van der Waals surface area contributed by atoms with Crippen molar-refractivity contribution in [2.75, 3.05) is 13.6 Å². The van der Waals surface area contributed by atoms with Crippen LogP contribution in [0.5, 0.6) is 0 Å². The molecule has 0 radical (unpaired) electrons. The molecule has 1 heterocycles. The predicted octanol–water partition coefficient (Wildman–Crippen LogP) is 1.06. The zero-order valence-corrected chi connectivity index (χ0v) is 11.6. The summed E-state index contributed by atoms with van der Waals surface area (Å²) < 4.78 is 0. The molecule has 1 aromatic rings. The largest absolute Gasteiger partial charge is 0.349 e. The lowest BCUT2D eigenvalue weighted by Crippen LogP contribution is -2.26. The second-order valence-electron chi connectivity index (χ2n) is 4.88. The summed E-state index contributed by atoms with van der Waals surface area (Å²) in [6, 6.07) is 0. The van der Waals surface area contributed by atoms with Gasteiger partial charge < -0.3 is 10.6 Å². The van der Waals surface area contributed by atoms with Crippen LogP contribution in [0.4, 0.5) is 0 Å². The summed E-state index contributed by atoms with van der Waals surface area (Å²) in [5, 5.41) is 15.8. The van der Waals surface area contributed by atoms with Crippen molar-refractivity contribution in [3.05, 3.63) is 10.0 Å². The molecule has 0 aliphatic rings. The van der Waals surface area contributed by atoms with E-state index >= 15 is 0 Å². The van der Waals surface area contributed by atoms with E-state index in [-0.39, 0.29) is 11.3 Å². The Morgan fingerprint density at radius 1 is 1.35 bits per heavy atom. The Hall–Kier alpha value is -1.01. The van der Waals surface area contributed by atoms with Crippen molar-refractivity contribution < 1.29 is 4.79 Å². The second-order valence-corrected chi connectivity index (χ2v) is 5.94. The number of aromatic nitrogens is 2. The molecular formula is C11H20N4OS. The number of amides is 1. The lowest BCUT2D eigenvalue weighted by Gasteiger charge is -2.12. The van der Waals surface area contributed by atoms with Gasteiger partial charge in [-0.3, -0.25) is 4.79 Å². The topological polar surface area (TPSA) is 66.9 Å². The fraction of sp³-hybridized carbons (Fsp3) is 0.727. The minimum absolute atomic E-state index is 0.0199. The van der Waals surface area contributed by atoms with Gasteiger partial charge in [0.2, 0.25) is 5.91 Å². The first-order valence-electron chi connectivity index (χ1n) is 5.67. The van der Waals surface area contributed by atoms with Gasteiger partial charge in [-0.05, 0) is 7.05 Å². The Morgan fingerprint density at radius 3 is 2.59 bits per heavy atom. The normalized spacial score (nSPS) is 11.5. The van der Waals surface area contributed by atoms with Crippen molar-refractivity contribution in [2.45, 2.75) is 39.2 Å². The lowest BCUT2D eigenvalue weighted by molar-refractivity contribution is -0.121. The van der Waals surface area contributed by atoms with Gasteiger partial charge in [-0.1, -0.05) is 32.1 Å². The molecular weight excluding hydrogens is 236 g/mol. The molecule has 0 aromatic carbocycles. The quantitative estimate of drug-likeness (QED) is 0.826. The van der Waals surface area contributed by atoms with Crippen LogP contribution in [-0.4, -0.2) is 29.7 Å². The molecule has 5 nitrogen and oxygen atoms in total. The monoisotopic (exact) mass is 256 g/mol. The van der Waals surface area contributed by atoms with Crippen LogP contribution in [-0.2, 0) is 16.8 Å². The molecule has 1 amide bonds. The van der Waals surface area contributed by atoms with E-state index in [0.717, 1.165) is 10.0 Å². The highest BCUT2D eigenvalue weighted by Crippen LogP contribution is 2.25. The molecule has 96 valence electrons. The number of rotatable bonds is 5. The number of nitrogens with one attached hydrogen (secondary N) is 2. The number of carbonyl (C=O) groups is 1. The molecule has 6 heteroatoms. The highest BCUT2D eigenvalue weighted by Gasteiger charge is 2.19. The molecule has 1 rings (SSSR count). The molecule has 1 aromatic heterocycles. The molecule has 0 bridgehead atoms. The maximum atomic E-state index is 11.4. The number of hydrogen-bond acceptors (Lipinski definition) is 5. The SMILES string of the molecule is CNCCC(=O)NCc1nnc(C(C)(C)C)s1. The molecule has 2 N–H and O–H groups in total. The molecule has 0 saturated carbocycles. The van der Waals surface area contributed by atoms with Crippen LogP contribution in [0.25, 0.3) is 0 Å². The van der Waals surface area contributed by atoms with E-state index < -0.39 is 0 Å². The third-order valence-corrected chi connectivity index (χ3v) is 3.50. The third kappa shape index (κ3) is 4.79. The maximum absolute atomic E-state index is 11.4. The van der Waals surface area contributed by atoms with E-state index in [1.807, 2.05) is 7.05 Å². The summed E-state index contributed by atoms with van der Waals surface area (Å²) in [6.07, 6.45) is 0.488. The Morgan fingerprint density at radius 2 is 2.06 bits per heavy atom. The average molecular weight is 256 g/mol. The average Bonchev–Trinajstić information content (AvgIpc) is 2.71. The first-order valence-corrected chi connectivity index (χ1v) is 6.49. The van der Waals surface area contributed by atoms with Gasteiger partial charge >= 0.3 is 0 Å². The Kier molecular flexibility index (Phi) is 5.02. The fourth-order valence-electron chi connectivity index (χ4n) is 1.13. The van der Waals surface area contributed by atoms with Gasteiger partial charge in [-0.25, -0.2) is 0 Å². The number of carbonyl (C=O) groups excluding carboxylic acids is 1. The van der Waals surface area contributed by atoms with Gasteiger partial charge in [0.25, 0.3) is 0 Å². The molecule has 0 atom stereocenters. The molecule has 0 aliphatic heterocycles. The third-order valence-electron chi connectivity index (χ3n) is 2.15. The van der Waals surface area contributed by atoms with Crippen molar-refractivity contribution >= 4 is 17.2 Å². The van der Waals surface area contributed by atoms with Crippen LogP contribution >= 0.6 is 11.3 Å². The summed E-state index contributed by atoms with van der Waals surface area (Å²) in [7, 11) is 1.83. The summed E-state index contributed by atoms with van der Waals surface area (Å²) in [6.45, 7) is 7.46. The molecule has 0 unspecified atom stereocenters. The van der Waals surface area contributed by atoms with Gasteiger partial charge in [0, 0.05) is 18.4 Å². The van der Waals surface area contributed by atoms with Gasteiger partial charge in [-0.15, -0.1) is 10.2 Å². The molecule has 0 fully saturated rings. The first kappa shape index (κ1) is 14.1. The van der Waals surface area contributed by atoms with Crippen LogP contribution in [0.15, 0.2) is 0 Å². The first-order chi connectivity index (χ1) is 7.93. The van der Waals surface area contributed by atoms with Crippen molar-refractivity contribution in [3.8, 4) is 0 Å². The second kappa shape index (κ2) is 6.07. The van der Waals surface area contributed by atoms with Crippen molar-refractivity contribution in [1.82, 2.24) is 20.8 Å². The zero-order valence-electron chi connectivity index (χ0n) is 10.8. The maximum Gasteiger partial charge on any atom is 0.221 e. The van der Waals surface area contributed by atoms with Gasteiger partial charge in [0.1, 0.15) is 10.0 Å². The molecule has 17 heavy (non-hydrogen) atoms. The van der Waals surface area contributed by atoms with E-state index in [4.69, 9.17) is 0 Å². The van der Waals surface area contributed by atoms with E-state index in [1.165, 1.54) is 0 Å². The molecule has 0 spiro atoms. The minimum Gasteiger partial charge on any atom is -0.349 e.